The summed E-state index contributed by atoms with van der Waals surface area (Å²) in [5, 5.41) is 19.5. The van der Waals surface area contributed by atoms with Crippen molar-refractivity contribution in [3.63, 3.8) is 0 Å². The third-order valence-corrected chi connectivity index (χ3v) is 4.51. The van der Waals surface area contributed by atoms with Crippen molar-refractivity contribution >= 4 is 22.4 Å². The molecule has 0 aromatic heterocycles. The largest absolute Gasteiger partial charge is 0.507 e. The van der Waals surface area contributed by atoms with Gasteiger partial charge in [0.1, 0.15) is 5.75 Å². The van der Waals surface area contributed by atoms with E-state index in [1.807, 2.05) is 67.6 Å². The van der Waals surface area contributed by atoms with Crippen LogP contribution < -0.4 is 10.7 Å². The lowest BCUT2D eigenvalue weighted by atomic mass is 10.0. The van der Waals surface area contributed by atoms with E-state index in [2.05, 4.69) is 15.8 Å². The molecule has 0 aliphatic carbocycles. The summed E-state index contributed by atoms with van der Waals surface area (Å²) in [7, 11) is 0. The van der Waals surface area contributed by atoms with Gasteiger partial charge >= 0.3 is 0 Å². The Morgan fingerprint density at radius 1 is 1.04 bits per heavy atom. The first-order valence-corrected chi connectivity index (χ1v) is 8.89. The van der Waals surface area contributed by atoms with Crippen LogP contribution in [-0.2, 0) is 4.79 Å². The summed E-state index contributed by atoms with van der Waals surface area (Å²) in [6.07, 6.45) is 0. The molecule has 3 rings (SSSR count). The number of nitrogens with zero attached hydrogens (tertiary/aromatic N) is 1. The molecule has 1 amide bonds. The van der Waals surface area contributed by atoms with Crippen LogP contribution in [0.15, 0.2) is 71.8 Å². The SMILES string of the molecule is C/C(=N\NC(=O)CN[C@@H](C)c1ccccc1)c1ccc2ccccc2c1O. The number of fused-ring (bicyclic) bond motifs is 1. The van der Waals surface area contributed by atoms with Crippen LogP contribution in [0.5, 0.6) is 5.75 Å². The predicted octanol–water partition coefficient (Wildman–Crippen LogP) is 3.74. The molecule has 0 aliphatic rings. The number of carbonyl (C=O) groups excluding carboxylic acids is 1. The quantitative estimate of drug-likeness (QED) is 0.463. The molecule has 3 N–H and O–H groups in total. The number of hydrogen-bond donors (Lipinski definition) is 3. The van der Waals surface area contributed by atoms with Gasteiger partial charge in [-0.25, -0.2) is 5.43 Å². The van der Waals surface area contributed by atoms with Crippen LogP contribution in [0.4, 0.5) is 0 Å². The number of phenolic OH excluding ortho intramolecular Hbond substituents is 1. The molecule has 0 unspecified atom stereocenters. The molecule has 3 aromatic rings. The number of nitrogens with one attached hydrogen (secondary N) is 2. The van der Waals surface area contributed by atoms with Gasteiger partial charge in [0.25, 0.3) is 5.91 Å². The van der Waals surface area contributed by atoms with Crippen molar-refractivity contribution in [3.05, 3.63) is 77.9 Å². The van der Waals surface area contributed by atoms with Gasteiger partial charge in [0.15, 0.2) is 0 Å². The van der Waals surface area contributed by atoms with Crippen LogP contribution in [0.3, 0.4) is 0 Å². The average Bonchev–Trinajstić information content (AvgIpc) is 2.71. The Kier molecular flexibility index (Phi) is 5.84. The zero-order valence-corrected chi connectivity index (χ0v) is 15.4. The summed E-state index contributed by atoms with van der Waals surface area (Å²) in [6, 6.07) is 21.3. The van der Waals surface area contributed by atoms with Gasteiger partial charge in [0.2, 0.25) is 0 Å². The van der Waals surface area contributed by atoms with Gasteiger partial charge in [0, 0.05) is 17.0 Å². The minimum Gasteiger partial charge on any atom is -0.507 e. The molecular weight excluding hydrogens is 338 g/mol. The van der Waals surface area contributed by atoms with Gasteiger partial charge in [-0.15, -0.1) is 0 Å². The Balaban J connectivity index is 1.62. The molecule has 27 heavy (non-hydrogen) atoms. The second-order valence-electron chi connectivity index (χ2n) is 6.43. The second-order valence-corrected chi connectivity index (χ2v) is 6.43. The fourth-order valence-electron chi connectivity index (χ4n) is 2.90. The molecule has 5 heteroatoms. The summed E-state index contributed by atoms with van der Waals surface area (Å²) in [5.74, 6) is -0.0724. The molecule has 0 radical (unpaired) electrons. The van der Waals surface area contributed by atoms with Crippen molar-refractivity contribution in [2.75, 3.05) is 6.54 Å². The van der Waals surface area contributed by atoms with Gasteiger partial charge in [-0.2, -0.15) is 5.10 Å². The molecule has 0 aliphatic heterocycles. The van der Waals surface area contributed by atoms with Crippen LogP contribution in [0.2, 0.25) is 0 Å². The highest BCUT2D eigenvalue weighted by atomic mass is 16.3. The van der Waals surface area contributed by atoms with E-state index in [1.54, 1.807) is 13.0 Å². The van der Waals surface area contributed by atoms with Crippen LogP contribution in [-0.4, -0.2) is 23.3 Å². The maximum atomic E-state index is 12.1. The number of hydrogen-bond acceptors (Lipinski definition) is 4. The minimum absolute atomic E-state index is 0.0616. The number of phenols is 1. The minimum atomic E-state index is -0.239. The lowest BCUT2D eigenvalue weighted by Gasteiger charge is -2.13. The van der Waals surface area contributed by atoms with Gasteiger partial charge in [0.05, 0.1) is 12.3 Å². The summed E-state index contributed by atoms with van der Waals surface area (Å²) in [4.78, 5) is 12.1. The Morgan fingerprint density at radius 3 is 2.52 bits per heavy atom. The van der Waals surface area contributed by atoms with E-state index in [9.17, 15) is 9.90 Å². The van der Waals surface area contributed by atoms with Crippen molar-refractivity contribution in [3.8, 4) is 5.75 Å². The molecule has 0 heterocycles. The Labute approximate surface area is 158 Å². The monoisotopic (exact) mass is 361 g/mol. The van der Waals surface area contributed by atoms with Gasteiger partial charge in [-0.05, 0) is 30.9 Å². The average molecular weight is 361 g/mol. The van der Waals surface area contributed by atoms with E-state index in [1.165, 1.54) is 0 Å². The normalized spacial score (nSPS) is 12.7. The highest BCUT2D eigenvalue weighted by Crippen LogP contribution is 2.28. The van der Waals surface area contributed by atoms with E-state index in [-0.39, 0.29) is 24.2 Å². The molecule has 1 atom stereocenters. The first-order chi connectivity index (χ1) is 13.1. The number of benzene rings is 3. The number of aromatic hydroxyl groups is 1. The summed E-state index contributed by atoms with van der Waals surface area (Å²) >= 11 is 0. The van der Waals surface area contributed by atoms with Crippen molar-refractivity contribution in [1.29, 1.82) is 0 Å². The third-order valence-electron chi connectivity index (χ3n) is 4.51. The van der Waals surface area contributed by atoms with Crippen molar-refractivity contribution in [1.82, 2.24) is 10.7 Å². The van der Waals surface area contributed by atoms with Crippen molar-refractivity contribution in [2.45, 2.75) is 19.9 Å². The van der Waals surface area contributed by atoms with Crippen LogP contribution >= 0.6 is 0 Å². The molecule has 0 saturated heterocycles. The van der Waals surface area contributed by atoms with E-state index < -0.39 is 0 Å². The van der Waals surface area contributed by atoms with Gasteiger partial charge in [-0.3, -0.25) is 4.79 Å². The predicted molar refractivity (Wildman–Crippen MR) is 109 cm³/mol. The number of rotatable bonds is 6. The molecule has 3 aromatic carbocycles. The molecule has 0 spiro atoms. The Hall–Kier alpha value is -3.18. The number of carbonyl (C=O) groups is 1. The molecule has 138 valence electrons. The van der Waals surface area contributed by atoms with Crippen LogP contribution in [0.1, 0.15) is 31.0 Å². The topological polar surface area (TPSA) is 73.7 Å². The highest BCUT2D eigenvalue weighted by molar-refractivity contribution is 6.06. The van der Waals surface area contributed by atoms with Crippen LogP contribution in [0, 0.1) is 0 Å². The zero-order chi connectivity index (χ0) is 19.2. The summed E-state index contributed by atoms with van der Waals surface area (Å²) < 4.78 is 0. The fraction of sp³-hybridized carbons (Fsp3) is 0.182. The van der Waals surface area contributed by atoms with E-state index >= 15 is 0 Å². The molecule has 0 fully saturated rings. The van der Waals surface area contributed by atoms with E-state index in [0.717, 1.165) is 16.3 Å². The smallest absolute Gasteiger partial charge is 0.254 e. The Morgan fingerprint density at radius 2 is 1.74 bits per heavy atom. The lowest BCUT2D eigenvalue weighted by molar-refractivity contribution is -0.120. The standard InChI is InChI=1S/C22H23N3O2/c1-15(17-8-4-3-5-9-17)23-14-21(26)25-24-16(2)19-13-12-18-10-6-7-11-20(18)22(19)27/h3-13,15,23,27H,14H2,1-2H3,(H,25,26)/b24-16+/t15-/m0/s1. The van der Waals surface area contributed by atoms with Crippen LogP contribution in [0.25, 0.3) is 10.8 Å². The first-order valence-electron chi connectivity index (χ1n) is 8.89. The molecule has 5 nitrogen and oxygen atoms in total. The van der Waals surface area contributed by atoms with E-state index in [4.69, 9.17) is 0 Å². The third kappa shape index (κ3) is 4.51. The highest BCUT2D eigenvalue weighted by Gasteiger charge is 2.10. The van der Waals surface area contributed by atoms with E-state index in [0.29, 0.717) is 11.3 Å². The maximum absolute atomic E-state index is 12.1. The van der Waals surface area contributed by atoms with Crippen molar-refractivity contribution in [2.24, 2.45) is 5.10 Å². The lowest BCUT2D eigenvalue weighted by Crippen LogP contribution is -2.33. The summed E-state index contributed by atoms with van der Waals surface area (Å²) in [5.41, 5.74) is 4.80. The zero-order valence-electron chi connectivity index (χ0n) is 15.4. The first kappa shape index (κ1) is 18.6. The second kappa shape index (κ2) is 8.47. The summed E-state index contributed by atoms with van der Waals surface area (Å²) in [6.45, 7) is 3.91. The maximum Gasteiger partial charge on any atom is 0.254 e. The molecule has 0 saturated carbocycles. The number of hydrazone groups is 1. The molecule has 0 bridgehead atoms. The van der Waals surface area contributed by atoms with Gasteiger partial charge in [-0.1, -0.05) is 60.7 Å². The molecular formula is C22H23N3O2. The fourth-order valence-corrected chi connectivity index (χ4v) is 2.90. The van der Waals surface area contributed by atoms with Gasteiger partial charge < -0.3 is 10.4 Å². The Bertz CT molecular complexity index is 968. The number of amides is 1. The van der Waals surface area contributed by atoms with Crippen molar-refractivity contribution < 1.29 is 9.90 Å².